The molecule has 0 saturated carbocycles. The minimum atomic E-state index is -4.30. The predicted octanol–water partition coefficient (Wildman–Crippen LogP) is 3.15. The second-order valence-electron chi connectivity index (χ2n) is 4.70. The first-order valence-electron chi connectivity index (χ1n) is 6.58. The van der Waals surface area contributed by atoms with E-state index in [1.54, 1.807) is 0 Å². The molecule has 1 aromatic heterocycles. The first-order valence-corrected chi connectivity index (χ1v) is 6.58. The third-order valence-electron chi connectivity index (χ3n) is 2.48. The highest BCUT2D eigenvalue weighted by molar-refractivity contribution is 5.36. The summed E-state index contributed by atoms with van der Waals surface area (Å²) in [5.41, 5.74) is 0.863. The van der Waals surface area contributed by atoms with Gasteiger partial charge in [-0.15, -0.1) is 0 Å². The lowest BCUT2D eigenvalue weighted by molar-refractivity contribution is -0.173. The van der Waals surface area contributed by atoms with Crippen molar-refractivity contribution in [2.24, 2.45) is 0 Å². The van der Waals surface area contributed by atoms with Crippen molar-refractivity contribution in [3.63, 3.8) is 0 Å². The molecule has 0 aliphatic rings. The van der Waals surface area contributed by atoms with Gasteiger partial charge in [0.1, 0.15) is 18.2 Å². The van der Waals surface area contributed by atoms with Crippen LogP contribution in [0.3, 0.4) is 0 Å². The van der Waals surface area contributed by atoms with Crippen LogP contribution >= 0.6 is 0 Å². The average Bonchev–Trinajstić information content (AvgIpc) is 2.33. The summed E-state index contributed by atoms with van der Waals surface area (Å²) >= 11 is 0. The molecule has 0 aliphatic heterocycles. The molecule has 0 unspecified atom stereocenters. The van der Waals surface area contributed by atoms with Crippen LogP contribution in [0.1, 0.15) is 38.2 Å². The molecule has 0 amide bonds. The minimum Gasteiger partial charge on any atom is -0.372 e. The smallest absolute Gasteiger partial charge is 0.372 e. The van der Waals surface area contributed by atoms with Crippen LogP contribution in [-0.2, 0) is 11.2 Å². The summed E-state index contributed by atoms with van der Waals surface area (Å²) in [6.45, 7) is 5.38. The quantitative estimate of drug-likeness (QED) is 0.784. The number of rotatable bonds is 7. The summed E-state index contributed by atoms with van der Waals surface area (Å²) in [6, 6.07) is 1.86. The fraction of sp³-hybridized carbons (Fsp3) is 0.692. The zero-order chi connectivity index (χ0) is 15.2. The van der Waals surface area contributed by atoms with Crippen molar-refractivity contribution in [2.75, 3.05) is 25.1 Å². The average molecular weight is 291 g/mol. The lowest BCUT2D eigenvalue weighted by atomic mass is 10.1. The highest BCUT2D eigenvalue weighted by atomic mass is 19.4. The molecule has 0 saturated heterocycles. The Kier molecular flexibility index (Phi) is 6.19. The van der Waals surface area contributed by atoms with Crippen molar-refractivity contribution in [2.45, 2.75) is 39.3 Å². The monoisotopic (exact) mass is 291 g/mol. The van der Waals surface area contributed by atoms with Gasteiger partial charge in [-0.1, -0.05) is 13.8 Å². The van der Waals surface area contributed by atoms with Crippen LogP contribution in [-0.4, -0.2) is 35.9 Å². The Morgan fingerprint density at radius 1 is 1.30 bits per heavy atom. The van der Waals surface area contributed by atoms with Crippen LogP contribution in [0.5, 0.6) is 0 Å². The summed E-state index contributed by atoms with van der Waals surface area (Å²) < 4.78 is 40.4. The van der Waals surface area contributed by atoms with Crippen molar-refractivity contribution in [1.82, 2.24) is 9.97 Å². The van der Waals surface area contributed by atoms with E-state index in [0.29, 0.717) is 11.6 Å². The SMILES string of the molecule is CCNc1cc(C(C)C)nc(CCOCC(F)(F)F)n1. The van der Waals surface area contributed by atoms with Crippen molar-refractivity contribution in [3.8, 4) is 0 Å². The number of alkyl halides is 3. The second kappa shape index (κ2) is 7.42. The maximum atomic E-state index is 11.9. The topological polar surface area (TPSA) is 47.0 Å². The first kappa shape index (κ1) is 16.7. The molecule has 0 bridgehead atoms. The minimum absolute atomic E-state index is 0.0490. The van der Waals surface area contributed by atoms with E-state index in [-0.39, 0.29) is 18.9 Å². The number of aromatic nitrogens is 2. The molecule has 1 N–H and O–H groups in total. The molecule has 20 heavy (non-hydrogen) atoms. The third kappa shape index (κ3) is 6.18. The van der Waals surface area contributed by atoms with Crippen LogP contribution < -0.4 is 5.32 Å². The lowest BCUT2D eigenvalue weighted by Crippen LogP contribution is -2.18. The Balaban J connectivity index is 2.64. The Bertz CT molecular complexity index is 422. The maximum Gasteiger partial charge on any atom is 0.411 e. The van der Waals surface area contributed by atoms with Crippen LogP contribution in [0.15, 0.2) is 6.07 Å². The molecule has 1 heterocycles. The Morgan fingerprint density at radius 2 is 2.00 bits per heavy atom. The molecule has 1 aromatic rings. The molecule has 0 fully saturated rings. The van der Waals surface area contributed by atoms with E-state index < -0.39 is 12.8 Å². The van der Waals surface area contributed by atoms with Crippen molar-refractivity contribution < 1.29 is 17.9 Å². The summed E-state index contributed by atoms with van der Waals surface area (Å²) in [5, 5.41) is 3.09. The van der Waals surface area contributed by atoms with Gasteiger partial charge in [-0.25, -0.2) is 9.97 Å². The summed E-state index contributed by atoms with van der Waals surface area (Å²) in [5.74, 6) is 1.41. The third-order valence-corrected chi connectivity index (χ3v) is 2.48. The molecule has 0 aromatic carbocycles. The van der Waals surface area contributed by atoms with Crippen LogP contribution in [0.2, 0.25) is 0 Å². The van der Waals surface area contributed by atoms with Crippen LogP contribution in [0.25, 0.3) is 0 Å². The fourth-order valence-corrected chi connectivity index (χ4v) is 1.55. The number of hydrogen-bond acceptors (Lipinski definition) is 4. The molecule has 1 rings (SSSR count). The van der Waals surface area contributed by atoms with Crippen LogP contribution in [0.4, 0.5) is 19.0 Å². The highest BCUT2D eigenvalue weighted by Gasteiger charge is 2.27. The van der Waals surface area contributed by atoms with Crippen molar-refractivity contribution >= 4 is 5.82 Å². The largest absolute Gasteiger partial charge is 0.411 e. The molecule has 0 aliphatic carbocycles. The molecular weight excluding hydrogens is 271 g/mol. The lowest BCUT2D eigenvalue weighted by Gasteiger charge is -2.11. The van der Waals surface area contributed by atoms with Gasteiger partial charge in [0, 0.05) is 24.7 Å². The van der Waals surface area contributed by atoms with Gasteiger partial charge in [-0.2, -0.15) is 13.2 Å². The van der Waals surface area contributed by atoms with E-state index in [2.05, 4.69) is 20.0 Å². The fourth-order valence-electron chi connectivity index (χ4n) is 1.55. The molecule has 0 atom stereocenters. The second-order valence-corrected chi connectivity index (χ2v) is 4.70. The van der Waals surface area contributed by atoms with E-state index in [4.69, 9.17) is 0 Å². The van der Waals surface area contributed by atoms with Gasteiger partial charge in [0.15, 0.2) is 0 Å². The van der Waals surface area contributed by atoms with Gasteiger partial charge in [0.25, 0.3) is 0 Å². The molecule has 0 spiro atoms. The number of nitrogens with zero attached hydrogens (tertiary/aromatic N) is 2. The van der Waals surface area contributed by atoms with E-state index in [9.17, 15) is 13.2 Å². The summed E-state index contributed by atoms with van der Waals surface area (Å²) in [6.07, 6.45) is -4.04. The van der Waals surface area contributed by atoms with E-state index in [1.807, 2.05) is 26.8 Å². The Morgan fingerprint density at radius 3 is 2.55 bits per heavy atom. The summed E-state index contributed by atoms with van der Waals surface area (Å²) in [4.78, 5) is 8.59. The molecular formula is C13H20F3N3O. The van der Waals surface area contributed by atoms with E-state index in [0.717, 1.165) is 12.2 Å². The molecule has 4 nitrogen and oxygen atoms in total. The normalized spacial score (nSPS) is 11.9. The van der Waals surface area contributed by atoms with Gasteiger partial charge in [0.2, 0.25) is 0 Å². The van der Waals surface area contributed by atoms with Crippen molar-refractivity contribution in [3.05, 3.63) is 17.6 Å². The first-order chi connectivity index (χ1) is 9.31. The van der Waals surface area contributed by atoms with E-state index in [1.165, 1.54) is 0 Å². The van der Waals surface area contributed by atoms with E-state index >= 15 is 0 Å². The van der Waals surface area contributed by atoms with Gasteiger partial charge in [-0.05, 0) is 12.8 Å². The Labute approximate surface area is 116 Å². The number of ether oxygens (including phenoxy) is 1. The molecule has 0 radical (unpaired) electrons. The maximum absolute atomic E-state index is 11.9. The number of nitrogens with one attached hydrogen (secondary N) is 1. The molecule has 114 valence electrons. The number of hydrogen-bond donors (Lipinski definition) is 1. The zero-order valence-electron chi connectivity index (χ0n) is 11.9. The van der Waals surface area contributed by atoms with Gasteiger partial charge >= 0.3 is 6.18 Å². The van der Waals surface area contributed by atoms with Gasteiger partial charge < -0.3 is 10.1 Å². The van der Waals surface area contributed by atoms with Gasteiger partial charge in [0.05, 0.1) is 6.61 Å². The number of halogens is 3. The van der Waals surface area contributed by atoms with Gasteiger partial charge in [-0.3, -0.25) is 0 Å². The number of anilines is 1. The zero-order valence-corrected chi connectivity index (χ0v) is 11.9. The highest BCUT2D eigenvalue weighted by Crippen LogP contribution is 2.17. The Hall–Kier alpha value is -1.37. The molecule has 7 heteroatoms. The summed E-state index contributed by atoms with van der Waals surface area (Å²) in [7, 11) is 0. The van der Waals surface area contributed by atoms with Crippen molar-refractivity contribution in [1.29, 1.82) is 0 Å². The predicted molar refractivity (Wildman–Crippen MR) is 70.9 cm³/mol. The van der Waals surface area contributed by atoms with Crippen LogP contribution in [0, 0.1) is 0 Å². The standard InChI is InChI=1S/C13H20F3N3O/c1-4-17-12-7-10(9(2)3)18-11(19-12)5-6-20-8-13(14,15)16/h7,9H,4-6,8H2,1-3H3,(H,17,18,19).